The molecule has 1 aliphatic heterocycles. The van der Waals surface area contributed by atoms with Crippen molar-refractivity contribution in [3.63, 3.8) is 0 Å². The van der Waals surface area contributed by atoms with Gasteiger partial charge < -0.3 is 4.90 Å². The molecule has 0 N–H and O–H groups in total. The van der Waals surface area contributed by atoms with Gasteiger partial charge in [-0.1, -0.05) is 47.6 Å². The van der Waals surface area contributed by atoms with Gasteiger partial charge in [-0.3, -0.25) is 4.98 Å². The van der Waals surface area contributed by atoms with E-state index in [-0.39, 0.29) is 10.8 Å². The normalized spacial score (nSPS) is 16.7. The van der Waals surface area contributed by atoms with Gasteiger partial charge in [-0.05, 0) is 48.4 Å². The van der Waals surface area contributed by atoms with Crippen molar-refractivity contribution < 1.29 is 0 Å². The maximum absolute atomic E-state index is 5.05. The van der Waals surface area contributed by atoms with Gasteiger partial charge in [0.2, 0.25) is 0 Å². The van der Waals surface area contributed by atoms with E-state index in [1.165, 1.54) is 54.7 Å². The molecule has 0 unspecified atom stereocenters. The Morgan fingerprint density at radius 1 is 0.833 bits per heavy atom. The summed E-state index contributed by atoms with van der Waals surface area (Å²) >= 11 is 0. The number of pyridine rings is 1. The molecular weight excluding hydrogens is 292 g/mol. The van der Waals surface area contributed by atoms with Gasteiger partial charge in [0.05, 0.1) is 5.52 Å². The van der Waals surface area contributed by atoms with Crippen molar-refractivity contribution in [1.82, 2.24) is 4.98 Å². The Kier molecular flexibility index (Phi) is 4.36. The van der Waals surface area contributed by atoms with Crippen LogP contribution in [0.1, 0.15) is 72.1 Å². The predicted octanol–water partition coefficient (Wildman–Crippen LogP) is 5.82. The minimum absolute atomic E-state index is 0.0648. The molecule has 130 valence electrons. The molecule has 0 spiro atoms. The van der Waals surface area contributed by atoms with E-state index in [4.69, 9.17) is 4.98 Å². The van der Waals surface area contributed by atoms with Gasteiger partial charge in [-0.15, -0.1) is 0 Å². The maximum atomic E-state index is 5.05. The van der Waals surface area contributed by atoms with Crippen LogP contribution in [0.2, 0.25) is 0 Å². The fourth-order valence-corrected chi connectivity index (χ4v) is 3.57. The Labute approximate surface area is 147 Å². The summed E-state index contributed by atoms with van der Waals surface area (Å²) in [5, 5.41) is 1.30. The van der Waals surface area contributed by atoms with Crippen LogP contribution in [0.3, 0.4) is 0 Å². The molecule has 1 aromatic carbocycles. The first-order valence-electron chi connectivity index (χ1n) is 9.37. The van der Waals surface area contributed by atoms with Crippen molar-refractivity contribution in [3.8, 4) is 0 Å². The van der Waals surface area contributed by atoms with Gasteiger partial charge in [0.1, 0.15) is 0 Å². The van der Waals surface area contributed by atoms with Crippen LogP contribution >= 0.6 is 0 Å². The summed E-state index contributed by atoms with van der Waals surface area (Å²) in [6.45, 7) is 16.0. The van der Waals surface area contributed by atoms with E-state index in [2.05, 4.69) is 70.7 Å². The summed E-state index contributed by atoms with van der Waals surface area (Å²) in [6.07, 6.45) is 3.98. The zero-order chi connectivity index (χ0) is 17.5. The Bertz CT molecular complexity index is 726. The molecule has 1 saturated heterocycles. The van der Waals surface area contributed by atoms with E-state index in [9.17, 15) is 0 Å². The van der Waals surface area contributed by atoms with Gasteiger partial charge in [-0.2, -0.15) is 0 Å². The molecule has 2 heteroatoms. The lowest BCUT2D eigenvalue weighted by Crippen LogP contribution is -2.29. The Morgan fingerprint density at radius 2 is 1.50 bits per heavy atom. The lowest BCUT2D eigenvalue weighted by atomic mass is 9.81. The lowest BCUT2D eigenvalue weighted by Gasteiger charge is -2.30. The molecule has 2 heterocycles. The molecule has 0 amide bonds. The zero-order valence-electron chi connectivity index (χ0n) is 16.2. The van der Waals surface area contributed by atoms with Gasteiger partial charge in [0.15, 0.2) is 0 Å². The van der Waals surface area contributed by atoms with Gasteiger partial charge in [0.25, 0.3) is 0 Å². The third-order valence-electron chi connectivity index (χ3n) is 5.09. The molecule has 1 aromatic heterocycles. The summed E-state index contributed by atoms with van der Waals surface area (Å²) in [5.41, 5.74) is 5.26. The summed E-state index contributed by atoms with van der Waals surface area (Å²) in [6, 6.07) is 9.22. The van der Waals surface area contributed by atoms with Crippen molar-refractivity contribution in [2.45, 2.75) is 71.6 Å². The summed E-state index contributed by atoms with van der Waals surface area (Å²) < 4.78 is 0. The molecule has 0 aliphatic carbocycles. The SMILES string of the molecule is CC(C)(C)c1cc(C(C)(C)C)c2ccc(N3CCCCC3)cc2n1. The highest BCUT2D eigenvalue weighted by Crippen LogP contribution is 2.35. The zero-order valence-corrected chi connectivity index (χ0v) is 16.2. The number of benzene rings is 1. The Balaban J connectivity index is 2.16. The van der Waals surface area contributed by atoms with Crippen LogP contribution in [0.4, 0.5) is 5.69 Å². The van der Waals surface area contributed by atoms with Crippen molar-refractivity contribution in [3.05, 3.63) is 35.5 Å². The van der Waals surface area contributed by atoms with Crippen molar-refractivity contribution in [1.29, 1.82) is 0 Å². The van der Waals surface area contributed by atoms with Crippen LogP contribution in [0, 0.1) is 0 Å². The number of nitrogens with zero attached hydrogens (tertiary/aromatic N) is 2. The van der Waals surface area contributed by atoms with Crippen molar-refractivity contribution in [2.24, 2.45) is 0 Å². The van der Waals surface area contributed by atoms with Crippen LogP contribution in [0.5, 0.6) is 0 Å². The largest absolute Gasteiger partial charge is 0.371 e. The van der Waals surface area contributed by atoms with Crippen molar-refractivity contribution in [2.75, 3.05) is 18.0 Å². The highest BCUT2D eigenvalue weighted by atomic mass is 15.1. The number of rotatable bonds is 1. The highest BCUT2D eigenvalue weighted by molar-refractivity contribution is 5.86. The minimum atomic E-state index is 0.0648. The monoisotopic (exact) mass is 324 g/mol. The first-order valence-corrected chi connectivity index (χ1v) is 9.37. The average molecular weight is 325 g/mol. The summed E-state index contributed by atoms with van der Waals surface area (Å²) in [4.78, 5) is 7.57. The van der Waals surface area contributed by atoms with E-state index in [0.29, 0.717) is 0 Å². The molecular formula is C22H32N2. The number of hydrogen-bond donors (Lipinski definition) is 0. The van der Waals surface area contributed by atoms with E-state index >= 15 is 0 Å². The lowest BCUT2D eigenvalue weighted by molar-refractivity contribution is 0.558. The molecule has 0 atom stereocenters. The molecule has 24 heavy (non-hydrogen) atoms. The van der Waals surface area contributed by atoms with Crippen LogP contribution in [-0.4, -0.2) is 18.1 Å². The third-order valence-corrected chi connectivity index (χ3v) is 5.09. The molecule has 1 aliphatic rings. The highest BCUT2D eigenvalue weighted by Gasteiger charge is 2.23. The van der Waals surface area contributed by atoms with Gasteiger partial charge in [-0.25, -0.2) is 0 Å². The Morgan fingerprint density at radius 3 is 2.08 bits per heavy atom. The van der Waals surface area contributed by atoms with Crippen LogP contribution < -0.4 is 4.90 Å². The number of anilines is 1. The van der Waals surface area contributed by atoms with Gasteiger partial charge >= 0.3 is 0 Å². The smallest absolute Gasteiger partial charge is 0.0729 e. The molecule has 2 nitrogen and oxygen atoms in total. The number of piperidine rings is 1. The third kappa shape index (κ3) is 3.43. The number of hydrogen-bond acceptors (Lipinski definition) is 2. The van der Waals surface area contributed by atoms with Crippen LogP contribution in [0.25, 0.3) is 10.9 Å². The number of fused-ring (bicyclic) bond motifs is 1. The van der Waals surface area contributed by atoms with Gasteiger partial charge in [0, 0.05) is 35.3 Å². The minimum Gasteiger partial charge on any atom is -0.371 e. The first-order chi connectivity index (χ1) is 11.2. The van der Waals surface area contributed by atoms with Crippen molar-refractivity contribution >= 4 is 16.6 Å². The maximum Gasteiger partial charge on any atom is 0.0729 e. The fourth-order valence-electron chi connectivity index (χ4n) is 3.57. The standard InChI is InChI=1S/C22H32N2/c1-21(2,3)18-15-20(22(4,5)6)23-19-14-16(10-11-17(18)19)24-12-8-7-9-13-24/h10-11,14-15H,7-9,12-13H2,1-6H3. The second-order valence-electron chi connectivity index (χ2n) is 9.30. The first kappa shape index (κ1) is 17.3. The molecule has 2 aromatic rings. The van der Waals surface area contributed by atoms with E-state index in [1.807, 2.05) is 0 Å². The summed E-state index contributed by atoms with van der Waals surface area (Å²) in [5.74, 6) is 0. The molecule has 3 rings (SSSR count). The van der Waals surface area contributed by atoms with E-state index in [1.54, 1.807) is 0 Å². The molecule has 0 saturated carbocycles. The van der Waals surface area contributed by atoms with Crippen LogP contribution in [0.15, 0.2) is 24.3 Å². The molecule has 0 radical (unpaired) electrons. The Hall–Kier alpha value is -1.57. The number of aromatic nitrogens is 1. The van der Waals surface area contributed by atoms with E-state index < -0.39 is 0 Å². The van der Waals surface area contributed by atoms with Crippen LogP contribution in [-0.2, 0) is 10.8 Å². The predicted molar refractivity (Wildman–Crippen MR) is 105 cm³/mol. The topological polar surface area (TPSA) is 16.1 Å². The fraction of sp³-hybridized carbons (Fsp3) is 0.591. The molecule has 1 fully saturated rings. The average Bonchev–Trinajstić information content (AvgIpc) is 2.52. The second-order valence-corrected chi connectivity index (χ2v) is 9.30. The summed E-state index contributed by atoms with van der Waals surface area (Å²) in [7, 11) is 0. The quantitative estimate of drug-likeness (QED) is 0.657. The second kappa shape index (κ2) is 6.06. The molecule has 0 bridgehead atoms. The van der Waals surface area contributed by atoms with E-state index in [0.717, 1.165) is 5.52 Å².